The Hall–Kier alpha value is -2.91. The van der Waals surface area contributed by atoms with Gasteiger partial charge in [-0.25, -0.2) is 8.42 Å². The van der Waals surface area contributed by atoms with Crippen LogP contribution in [0.25, 0.3) is 0 Å². The summed E-state index contributed by atoms with van der Waals surface area (Å²) in [6.45, 7) is 0.773. The highest BCUT2D eigenvalue weighted by Gasteiger charge is 2.24. The molecule has 0 radical (unpaired) electrons. The standard InChI is InChI=1S/C20H23NO7S/c1-14-5-8-16(9-6-14)29(24,25)21(2)12-20(23)28-13-18(22)17-10-7-15(26-3)11-19(17)27-4/h5-11H,12-13H2,1-4H3. The minimum absolute atomic E-state index is 0.0671. The van der Waals surface area contributed by atoms with Gasteiger partial charge in [0, 0.05) is 13.1 Å². The van der Waals surface area contributed by atoms with Crippen LogP contribution in [0.1, 0.15) is 15.9 Å². The molecule has 0 aromatic heterocycles. The topological polar surface area (TPSA) is 99.2 Å². The van der Waals surface area contributed by atoms with Gasteiger partial charge in [-0.2, -0.15) is 4.31 Å². The number of carbonyl (C=O) groups excluding carboxylic acids is 2. The summed E-state index contributed by atoms with van der Waals surface area (Å²) in [4.78, 5) is 24.4. The number of carbonyl (C=O) groups is 2. The Morgan fingerprint density at radius 3 is 2.24 bits per heavy atom. The lowest BCUT2D eigenvalue weighted by Gasteiger charge is -2.16. The minimum atomic E-state index is -3.85. The zero-order chi connectivity index (χ0) is 21.6. The second-order valence-corrected chi connectivity index (χ2v) is 8.27. The van der Waals surface area contributed by atoms with Gasteiger partial charge in [-0.05, 0) is 31.2 Å². The van der Waals surface area contributed by atoms with Crippen LogP contribution < -0.4 is 9.47 Å². The molecule has 2 rings (SSSR count). The van der Waals surface area contributed by atoms with E-state index in [1.54, 1.807) is 18.2 Å². The molecule has 0 heterocycles. The van der Waals surface area contributed by atoms with Gasteiger partial charge < -0.3 is 14.2 Å². The van der Waals surface area contributed by atoms with Gasteiger partial charge >= 0.3 is 5.97 Å². The molecule has 156 valence electrons. The smallest absolute Gasteiger partial charge is 0.321 e. The van der Waals surface area contributed by atoms with Crippen LogP contribution in [-0.4, -0.2) is 58.9 Å². The summed E-state index contributed by atoms with van der Waals surface area (Å²) in [5.41, 5.74) is 1.14. The lowest BCUT2D eigenvalue weighted by molar-refractivity contribution is -0.142. The van der Waals surface area contributed by atoms with E-state index in [-0.39, 0.29) is 16.2 Å². The maximum atomic E-state index is 12.5. The van der Waals surface area contributed by atoms with Gasteiger partial charge in [-0.3, -0.25) is 9.59 Å². The molecule has 0 spiro atoms. The summed E-state index contributed by atoms with van der Waals surface area (Å²) in [6, 6.07) is 10.9. The van der Waals surface area contributed by atoms with Crippen molar-refractivity contribution in [2.24, 2.45) is 0 Å². The van der Waals surface area contributed by atoms with E-state index in [9.17, 15) is 18.0 Å². The molecule has 0 bridgehead atoms. The molecule has 0 N–H and O–H groups in total. The summed E-state index contributed by atoms with van der Waals surface area (Å²) >= 11 is 0. The quantitative estimate of drug-likeness (QED) is 0.451. The molecule has 0 saturated carbocycles. The number of Topliss-reactive ketones (excluding diaryl/α,β-unsaturated/α-hetero) is 1. The number of hydrogen-bond donors (Lipinski definition) is 0. The van der Waals surface area contributed by atoms with Gasteiger partial charge in [0.25, 0.3) is 0 Å². The number of benzene rings is 2. The third-order valence-electron chi connectivity index (χ3n) is 4.15. The van der Waals surface area contributed by atoms with E-state index >= 15 is 0 Å². The maximum absolute atomic E-state index is 12.5. The number of hydrogen-bond acceptors (Lipinski definition) is 7. The van der Waals surface area contributed by atoms with Gasteiger partial charge in [0.15, 0.2) is 6.61 Å². The van der Waals surface area contributed by atoms with Crippen LogP contribution in [-0.2, 0) is 19.6 Å². The molecule has 0 fully saturated rings. The predicted molar refractivity (Wildman–Crippen MR) is 106 cm³/mol. The second-order valence-electron chi connectivity index (χ2n) is 6.22. The van der Waals surface area contributed by atoms with Crippen LogP contribution in [0.2, 0.25) is 0 Å². The van der Waals surface area contributed by atoms with Crippen molar-refractivity contribution in [3.63, 3.8) is 0 Å². The van der Waals surface area contributed by atoms with Crippen molar-refractivity contribution in [1.82, 2.24) is 4.31 Å². The maximum Gasteiger partial charge on any atom is 0.321 e. The highest BCUT2D eigenvalue weighted by atomic mass is 32.2. The summed E-state index contributed by atoms with van der Waals surface area (Å²) in [5.74, 6) is -0.534. The van der Waals surface area contributed by atoms with E-state index in [1.165, 1.54) is 45.5 Å². The Morgan fingerprint density at radius 2 is 1.66 bits per heavy atom. The normalized spacial score (nSPS) is 11.2. The number of esters is 1. The van der Waals surface area contributed by atoms with Crippen LogP contribution in [0, 0.1) is 6.92 Å². The van der Waals surface area contributed by atoms with E-state index in [0.717, 1.165) is 9.87 Å². The van der Waals surface area contributed by atoms with Gasteiger partial charge in [-0.15, -0.1) is 0 Å². The van der Waals surface area contributed by atoms with E-state index in [0.29, 0.717) is 5.75 Å². The highest BCUT2D eigenvalue weighted by molar-refractivity contribution is 7.89. The number of ketones is 1. The van der Waals surface area contributed by atoms with Crippen molar-refractivity contribution in [2.45, 2.75) is 11.8 Å². The lowest BCUT2D eigenvalue weighted by atomic mass is 10.1. The number of likely N-dealkylation sites (N-methyl/N-ethyl adjacent to an activating group) is 1. The largest absolute Gasteiger partial charge is 0.497 e. The van der Waals surface area contributed by atoms with Crippen molar-refractivity contribution in [2.75, 3.05) is 34.4 Å². The van der Waals surface area contributed by atoms with Crippen molar-refractivity contribution in [1.29, 1.82) is 0 Å². The molecule has 2 aromatic carbocycles. The third-order valence-corrected chi connectivity index (χ3v) is 5.97. The fraction of sp³-hybridized carbons (Fsp3) is 0.300. The first-order valence-electron chi connectivity index (χ1n) is 8.63. The molecule has 0 atom stereocenters. The molecule has 9 heteroatoms. The number of ether oxygens (including phenoxy) is 3. The molecule has 0 aliphatic heterocycles. The SMILES string of the molecule is COc1ccc(C(=O)COC(=O)CN(C)S(=O)(=O)c2ccc(C)cc2)c(OC)c1. The molecular weight excluding hydrogens is 398 g/mol. The number of methoxy groups -OCH3 is 2. The molecule has 0 unspecified atom stereocenters. The number of nitrogens with zero attached hydrogens (tertiary/aromatic N) is 1. The number of aryl methyl sites for hydroxylation is 1. The highest BCUT2D eigenvalue weighted by Crippen LogP contribution is 2.25. The first-order chi connectivity index (χ1) is 13.7. The molecule has 29 heavy (non-hydrogen) atoms. The Balaban J connectivity index is 1.99. The molecule has 0 amide bonds. The second kappa shape index (κ2) is 9.53. The molecule has 0 aliphatic rings. The van der Waals surface area contributed by atoms with Crippen LogP contribution >= 0.6 is 0 Å². The van der Waals surface area contributed by atoms with E-state index in [2.05, 4.69) is 0 Å². The Kier molecular flexibility index (Phi) is 7.35. The summed E-state index contributed by atoms with van der Waals surface area (Å²) < 4.78 is 41.1. The van der Waals surface area contributed by atoms with E-state index in [4.69, 9.17) is 14.2 Å². The summed E-state index contributed by atoms with van der Waals surface area (Å²) in [6.07, 6.45) is 0. The molecular formula is C20H23NO7S. The van der Waals surface area contributed by atoms with Crippen molar-refractivity contribution >= 4 is 21.8 Å². The Labute approximate surface area is 170 Å². The van der Waals surface area contributed by atoms with Gasteiger partial charge in [0.2, 0.25) is 15.8 Å². The first kappa shape index (κ1) is 22.4. The summed E-state index contributed by atoms with van der Waals surface area (Å²) in [5, 5.41) is 0. The van der Waals surface area contributed by atoms with Crippen LogP contribution in [0.5, 0.6) is 11.5 Å². The fourth-order valence-electron chi connectivity index (χ4n) is 2.46. The van der Waals surface area contributed by atoms with Crippen molar-refractivity contribution in [3.05, 3.63) is 53.6 Å². The third kappa shape index (κ3) is 5.55. The van der Waals surface area contributed by atoms with Crippen LogP contribution in [0.3, 0.4) is 0 Å². The van der Waals surface area contributed by atoms with Crippen molar-refractivity contribution in [3.8, 4) is 11.5 Å². The predicted octanol–water partition coefficient (Wildman–Crippen LogP) is 2.06. The minimum Gasteiger partial charge on any atom is -0.497 e. The molecule has 2 aromatic rings. The Bertz CT molecular complexity index is 984. The molecule has 8 nitrogen and oxygen atoms in total. The van der Waals surface area contributed by atoms with Crippen LogP contribution in [0.15, 0.2) is 47.4 Å². The van der Waals surface area contributed by atoms with Gasteiger partial charge in [0.05, 0.1) is 24.7 Å². The van der Waals surface area contributed by atoms with Gasteiger partial charge in [-0.1, -0.05) is 17.7 Å². The van der Waals surface area contributed by atoms with Crippen LogP contribution in [0.4, 0.5) is 0 Å². The lowest BCUT2D eigenvalue weighted by Crippen LogP contribution is -2.33. The monoisotopic (exact) mass is 421 g/mol. The Morgan fingerprint density at radius 1 is 1.00 bits per heavy atom. The number of rotatable bonds is 9. The fourth-order valence-corrected chi connectivity index (χ4v) is 3.57. The molecule has 0 aliphatic carbocycles. The average Bonchev–Trinajstić information content (AvgIpc) is 2.71. The summed E-state index contributed by atoms with van der Waals surface area (Å²) in [7, 11) is 0.313. The average molecular weight is 421 g/mol. The van der Waals surface area contributed by atoms with E-state index in [1.807, 2.05) is 6.92 Å². The zero-order valence-electron chi connectivity index (χ0n) is 16.7. The number of sulfonamides is 1. The van der Waals surface area contributed by atoms with E-state index < -0.39 is 34.9 Å². The molecule has 0 saturated heterocycles. The van der Waals surface area contributed by atoms with Crippen molar-refractivity contribution < 1.29 is 32.2 Å². The van der Waals surface area contributed by atoms with Gasteiger partial charge in [0.1, 0.15) is 18.0 Å². The zero-order valence-corrected chi connectivity index (χ0v) is 17.5. The first-order valence-corrected chi connectivity index (χ1v) is 10.1.